The van der Waals surface area contributed by atoms with Crippen LogP contribution in [0.15, 0.2) is 18.2 Å². The smallest absolute Gasteiger partial charge is 0.224 e. The third-order valence-electron chi connectivity index (χ3n) is 3.09. The fourth-order valence-corrected chi connectivity index (χ4v) is 2.11. The molecule has 1 aliphatic rings. The number of anilines is 1. The second-order valence-corrected chi connectivity index (χ2v) is 4.51. The Morgan fingerprint density at radius 1 is 1.39 bits per heavy atom. The predicted octanol–water partition coefficient (Wildman–Crippen LogP) is 2.44. The molecule has 2 N–H and O–H groups in total. The molecule has 0 aliphatic carbocycles. The fraction of sp³-hybridized carbons (Fsp3) is 0.462. The van der Waals surface area contributed by atoms with Crippen LogP contribution in [0.5, 0.6) is 0 Å². The van der Waals surface area contributed by atoms with Crippen molar-refractivity contribution in [3.8, 4) is 0 Å². The van der Waals surface area contributed by atoms with E-state index < -0.39 is 11.6 Å². The summed E-state index contributed by atoms with van der Waals surface area (Å²) in [5.74, 6) is -2.04. The summed E-state index contributed by atoms with van der Waals surface area (Å²) in [6.07, 6.45) is 3.40. The van der Waals surface area contributed by atoms with Gasteiger partial charge in [-0.15, -0.1) is 0 Å². The largest absolute Gasteiger partial charge is 0.326 e. The number of nitrogens with one attached hydrogen (secondary N) is 2. The molecule has 18 heavy (non-hydrogen) atoms. The molecule has 0 aromatic heterocycles. The lowest BCUT2D eigenvalue weighted by atomic mass is 10.1. The normalized spacial score (nSPS) is 18.9. The van der Waals surface area contributed by atoms with E-state index in [9.17, 15) is 13.6 Å². The second-order valence-electron chi connectivity index (χ2n) is 4.51. The van der Waals surface area contributed by atoms with Gasteiger partial charge in [-0.1, -0.05) is 0 Å². The van der Waals surface area contributed by atoms with Crippen LogP contribution in [-0.4, -0.2) is 18.5 Å². The van der Waals surface area contributed by atoms with Gasteiger partial charge >= 0.3 is 0 Å². The number of amides is 1. The number of carbonyl (C=O) groups excluding carboxylic acids is 1. The van der Waals surface area contributed by atoms with Gasteiger partial charge in [0.15, 0.2) is 11.6 Å². The highest BCUT2D eigenvalue weighted by atomic mass is 19.2. The molecule has 1 unspecified atom stereocenters. The van der Waals surface area contributed by atoms with Crippen LogP contribution in [0.4, 0.5) is 14.5 Å². The van der Waals surface area contributed by atoms with E-state index in [0.717, 1.165) is 37.9 Å². The quantitative estimate of drug-likeness (QED) is 0.866. The minimum Gasteiger partial charge on any atom is -0.326 e. The van der Waals surface area contributed by atoms with Crippen molar-refractivity contribution in [2.24, 2.45) is 0 Å². The van der Waals surface area contributed by atoms with Crippen molar-refractivity contribution in [2.75, 3.05) is 11.9 Å². The van der Waals surface area contributed by atoms with E-state index in [1.54, 1.807) is 0 Å². The molecule has 1 amide bonds. The van der Waals surface area contributed by atoms with E-state index in [4.69, 9.17) is 0 Å². The summed E-state index contributed by atoms with van der Waals surface area (Å²) in [4.78, 5) is 11.6. The maximum atomic E-state index is 12.9. The molecule has 0 radical (unpaired) electrons. The summed E-state index contributed by atoms with van der Waals surface area (Å²) in [5.41, 5.74) is 0.290. The SMILES string of the molecule is O=C(CCC1CCCN1)Nc1ccc(F)c(F)c1. The van der Waals surface area contributed by atoms with Crippen LogP contribution in [-0.2, 0) is 4.79 Å². The molecule has 3 nitrogen and oxygen atoms in total. The third kappa shape index (κ3) is 3.50. The Bertz CT molecular complexity index is 431. The van der Waals surface area contributed by atoms with Crippen LogP contribution in [0.1, 0.15) is 25.7 Å². The first-order valence-electron chi connectivity index (χ1n) is 6.13. The van der Waals surface area contributed by atoms with Crippen molar-refractivity contribution in [3.05, 3.63) is 29.8 Å². The van der Waals surface area contributed by atoms with Gasteiger partial charge < -0.3 is 10.6 Å². The molecule has 0 saturated carbocycles. The Hall–Kier alpha value is -1.49. The summed E-state index contributed by atoms with van der Waals surface area (Å²) in [6.45, 7) is 1.01. The van der Waals surface area contributed by atoms with Crippen molar-refractivity contribution in [1.82, 2.24) is 5.32 Å². The van der Waals surface area contributed by atoms with E-state index >= 15 is 0 Å². The van der Waals surface area contributed by atoms with Crippen LogP contribution in [0.2, 0.25) is 0 Å². The Kier molecular flexibility index (Phi) is 4.25. The number of rotatable bonds is 4. The Morgan fingerprint density at radius 2 is 2.22 bits per heavy atom. The van der Waals surface area contributed by atoms with Crippen molar-refractivity contribution < 1.29 is 13.6 Å². The number of benzene rings is 1. The molecule has 1 heterocycles. The van der Waals surface area contributed by atoms with E-state index in [1.807, 2.05) is 0 Å². The second kappa shape index (κ2) is 5.91. The number of carbonyl (C=O) groups is 1. The highest BCUT2D eigenvalue weighted by Crippen LogP contribution is 2.15. The number of hydrogen-bond acceptors (Lipinski definition) is 2. The molecule has 0 spiro atoms. The summed E-state index contributed by atoms with van der Waals surface area (Å²) in [5, 5.41) is 5.86. The molecule has 5 heteroatoms. The van der Waals surface area contributed by atoms with Gasteiger partial charge in [-0.25, -0.2) is 8.78 Å². The highest BCUT2D eigenvalue weighted by Gasteiger charge is 2.15. The Labute approximate surface area is 105 Å². The summed E-state index contributed by atoms with van der Waals surface area (Å²) >= 11 is 0. The predicted molar refractivity (Wildman–Crippen MR) is 65.2 cm³/mol. The zero-order valence-corrected chi connectivity index (χ0v) is 10.0. The van der Waals surface area contributed by atoms with Crippen LogP contribution < -0.4 is 10.6 Å². The van der Waals surface area contributed by atoms with E-state index in [2.05, 4.69) is 10.6 Å². The van der Waals surface area contributed by atoms with Crippen molar-refractivity contribution in [3.63, 3.8) is 0 Å². The van der Waals surface area contributed by atoms with Crippen LogP contribution in [0.3, 0.4) is 0 Å². The lowest BCUT2D eigenvalue weighted by Gasteiger charge is -2.10. The van der Waals surface area contributed by atoms with Crippen molar-refractivity contribution in [2.45, 2.75) is 31.7 Å². The topological polar surface area (TPSA) is 41.1 Å². The molecule has 1 fully saturated rings. The van der Waals surface area contributed by atoms with Crippen molar-refractivity contribution >= 4 is 11.6 Å². The lowest BCUT2D eigenvalue weighted by molar-refractivity contribution is -0.116. The minimum absolute atomic E-state index is 0.172. The molecule has 1 aromatic rings. The monoisotopic (exact) mass is 254 g/mol. The average molecular weight is 254 g/mol. The van der Waals surface area contributed by atoms with Gasteiger partial charge in [-0.2, -0.15) is 0 Å². The summed E-state index contributed by atoms with van der Waals surface area (Å²) < 4.78 is 25.6. The fourth-order valence-electron chi connectivity index (χ4n) is 2.11. The van der Waals surface area contributed by atoms with E-state index in [1.165, 1.54) is 6.07 Å². The van der Waals surface area contributed by atoms with Gasteiger partial charge in [0.25, 0.3) is 0 Å². The average Bonchev–Trinajstić information content (AvgIpc) is 2.84. The zero-order chi connectivity index (χ0) is 13.0. The first kappa shape index (κ1) is 13.0. The summed E-state index contributed by atoms with van der Waals surface area (Å²) in [7, 11) is 0. The Morgan fingerprint density at radius 3 is 2.89 bits per heavy atom. The van der Waals surface area contributed by atoms with Gasteiger partial charge in [0.1, 0.15) is 0 Å². The molecule has 98 valence electrons. The number of hydrogen-bond donors (Lipinski definition) is 2. The van der Waals surface area contributed by atoms with Gasteiger partial charge in [0.05, 0.1) is 0 Å². The molecule has 0 bridgehead atoms. The Balaban J connectivity index is 1.80. The molecule has 1 aliphatic heterocycles. The molecular weight excluding hydrogens is 238 g/mol. The van der Waals surface area contributed by atoms with E-state index in [-0.39, 0.29) is 5.91 Å². The van der Waals surface area contributed by atoms with Gasteiger partial charge in [-0.05, 0) is 37.9 Å². The maximum absolute atomic E-state index is 12.9. The minimum atomic E-state index is -0.953. The lowest BCUT2D eigenvalue weighted by Crippen LogP contribution is -2.23. The standard InChI is InChI=1S/C13H16F2N2O/c14-11-5-3-10(8-12(11)15)17-13(18)6-4-9-2-1-7-16-9/h3,5,8-9,16H,1-2,4,6-7H2,(H,17,18). The van der Waals surface area contributed by atoms with Gasteiger partial charge in [-0.3, -0.25) is 4.79 Å². The molecular formula is C13H16F2N2O. The molecule has 1 saturated heterocycles. The van der Waals surface area contributed by atoms with Gasteiger partial charge in [0, 0.05) is 24.2 Å². The first-order chi connectivity index (χ1) is 8.65. The highest BCUT2D eigenvalue weighted by molar-refractivity contribution is 5.90. The molecule has 2 rings (SSSR count). The third-order valence-corrected chi connectivity index (χ3v) is 3.09. The maximum Gasteiger partial charge on any atom is 0.224 e. The molecule has 1 atom stereocenters. The zero-order valence-electron chi connectivity index (χ0n) is 10.0. The van der Waals surface area contributed by atoms with Crippen molar-refractivity contribution in [1.29, 1.82) is 0 Å². The molecule has 1 aromatic carbocycles. The van der Waals surface area contributed by atoms with Crippen LogP contribution >= 0.6 is 0 Å². The van der Waals surface area contributed by atoms with Crippen LogP contribution in [0, 0.1) is 11.6 Å². The van der Waals surface area contributed by atoms with E-state index in [0.29, 0.717) is 18.2 Å². The first-order valence-corrected chi connectivity index (χ1v) is 6.13. The summed E-state index contributed by atoms with van der Waals surface area (Å²) in [6, 6.07) is 3.75. The van der Waals surface area contributed by atoms with Crippen LogP contribution in [0.25, 0.3) is 0 Å². The number of halogens is 2. The van der Waals surface area contributed by atoms with Gasteiger partial charge in [0.2, 0.25) is 5.91 Å².